The van der Waals surface area contributed by atoms with E-state index in [4.69, 9.17) is 4.55 Å². The van der Waals surface area contributed by atoms with Crippen molar-refractivity contribution < 1.29 is 8.76 Å². The minimum Gasteiger partial charge on any atom is -0.306 e. The second-order valence-electron chi connectivity index (χ2n) is 3.36. The first-order valence-corrected chi connectivity index (χ1v) is 5.63. The summed E-state index contributed by atoms with van der Waals surface area (Å²) in [4.78, 5) is 0. The van der Waals surface area contributed by atoms with Gasteiger partial charge in [0.05, 0.1) is 5.25 Å². The summed E-state index contributed by atoms with van der Waals surface area (Å²) < 4.78 is 20.1. The third-order valence-electron chi connectivity index (χ3n) is 2.56. The Morgan fingerprint density at radius 3 is 2.92 bits per heavy atom. The minimum atomic E-state index is -1.71. The molecule has 2 unspecified atom stereocenters. The van der Waals surface area contributed by atoms with E-state index in [0.717, 1.165) is 24.8 Å². The van der Waals surface area contributed by atoms with E-state index < -0.39 is 11.1 Å². The first-order valence-electron chi connectivity index (χ1n) is 4.46. The Labute approximate surface area is 80.3 Å². The van der Waals surface area contributed by atoms with E-state index in [0.29, 0.717) is 0 Å². The SMILES string of the molecule is O=S(O)C1CCCc2ccccc21. The monoisotopic (exact) mass is 196 g/mol. The van der Waals surface area contributed by atoms with E-state index in [9.17, 15) is 4.21 Å². The average molecular weight is 196 g/mol. The largest absolute Gasteiger partial charge is 0.306 e. The molecule has 2 nitrogen and oxygen atoms in total. The van der Waals surface area contributed by atoms with Gasteiger partial charge in [0.25, 0.3) is 0 Å². The Kier molecular flexibility index (Phi) is 2.47. The van der Waals surface area contributed by atoms with E-state index in [1.165, 1.54) is 5.56 Å². The van der Waals surface area contributed by atoms with Crippen molar-refractivity contribution in [1.29, 1.82) is 0 Å². The van der Waals surface area contributed by atoms with Crippen LogP contribution in [0.5, 0.6) is 0 Å². The number of rotatable bonds is 1. The third kappa shape index (κ3) is 1.67. The molecule has 1 aliphatic rings. The van der Waals surface area contributed by atoms with Gasteiger partial charge in [-0.2, -0.15) is 0 Å². The van der Waals surface area contributed by atoms with Gasteiger partial charge in [0.1, 0.15) is 0 Å². The number of fused-ring (bicyclic) bond motifs is 1. The second-order valence-corrected chi connectivity index (χ2v) is 4.48. The fourth-order valence-electron chi connectivity index (χ4n) is 1.92. The zero-order valence-corrected chi connectivity index (χ0v) is 8.09. The highest BCUT2D eigenvalue weighted by Gasteiger charge is 2.23. The Bertz CT molecular complexity index is 335. The van der Waals surface area contributed by atoms with Crippen LogP contribution in [0, 0.1) is 0 Å². The van der Waals surface area contributed by atoms with Crippen LogP contribution in [-0.2, 0) is 17.5 Å². The highest BCUT2D eigenvalue weighted by Crippen LogP contribution is 2.32. The highest BCUT2D eigenvalue weighted by molar-refractivity contribution is 7.79. The molecule has 13 heavy (non-hydrogen) atoms. The standard InChI is InChI=1S/C10H12O2S/c11-13(12)10-7-3-5-8-4-1-2-6-9(8)10/h1-2,4,6,10H,3,5,7H2,(H,11,12). The summed E-state index contributed by atoms with van der Waals surface area (Å²) in [7, 11) is 0. The van der Waals surface area contributed by atoms with Gasteiger partial charge in [-0.15, -0.1) is 0 Å². The summed E-state index contributed by atoms with van der Waals surface area (Å²) in [5, 5.41) is -0.162. The average Bonchev–Trinajstić information content (AvgIpc) is 2.17. The van der Waals surface area contributed by atoms with Gasteiger partial charge in [-0.25, -0.2) is 4.21 Å². The summed E-state index contributed by atoms with van der Waals surface area (Å²) in [6.45, 7) is 0. The fraction of sp³-hybridized carbons (Fsp3) is 0.400. The van der Waals surface area contributed by atoms with Crippen LogP contribution < -0.4 is 0 Å². The fourth-order valence-corrected chi connectivity index (χ4v) is 2.73. The Balaban J connectivity index is 2.42. The Morgan fingerprint density at radius 1 is 1.38 bits per heavy atom. The van der Waals surface area contributed by atoms with Crippen LogP contribution in [0.3, 0.4) is 0 Å². The van der Waals surface area contributed by atoms with Crippen molar-refractivity contribution >= 4 is 11.1 Å². The minimum absolute atomic E-state index is 0.162. The lowest BCUT2D eigenvalue weighted by Crippen LogP contribution is -2.13. The Hall–Kier alpha value is -0.670. The first-order chi connectivity index (χ1) is 6.29. The van der Waals surface area contributed by atoms with Crippen molar-refractivity contribution in [3.05, 3.63) is 35.4 Å². The van der Waals surface area contributed by atoms with Crippen LogP contribution in [0.25, 0.3) is 0 Å². The molecule has 0 heterocycles. The molecule has 3 heteroatoms. The van der Waals surface area contributed by atoms with Crippen LogP contribution in [0.2, 0.25) is 0 Å². The lowest BCUT2D eigenvalue weighted by molar-refractivity contribution is 0.531. The Morgan fingerprint density at radius 2 is 2.15 bits per heavy atom. The van der Waals surface area contributed by atoms with E-state index in [2.05, 4.69) is 0 Å². The van der Waals surface area contributed by atoms with Crippen LogP contribution in [-0.4, -0.2) is 8.76 Å². The maximum absolute atomic E-state index is 11.0. The van der Waals surface area contributed by atoms with E-state index in [-0.39, 0.29) is 5.25 Å². The van der Waals surface area contributed by atoms with Crippen molar-refractivity contribution in [2.75, 3.05) is 0 Å². The molecule has 0 spiro atoms. The third-order valence-corrected chi connectivity index (χ3v) is 3.53. The van der Waals surface area contributed by atoms with Gasteiger partial charge in [-0.05, 0) is 30.4 Å². The zero-order valence-electron chi connectivity index (χ0n) is 7.27. The molecule has 1 aromatic carbocycles. The predicted molar refractivity (Wildman–Crippen MR) is 52.9 cm³/mol. The van der Waals surface area contributed by atoms with Gasteiger partial charge in [0, 0.05) is 0 Å². The van der Waals surface area contributed by atoms with Gasteiger partial charge in [-0.3, -0.25) is 0 Å². The molecule has 0 fully saturated rings. The van der Waals surface area contributed by atoms with Crippen LogP contribution in [0.4, 0.5) is 0 Å². The van der Waals surface area contributed by atoms with Crippen molar-refractivity contribution in [1.82, 2.24) is 0 Å². The molecular formula is C10H12O2S. The summed E-state index contributed by atoms with van der Waals surface area (Å²) in [5.74, 6) is 0. The topological polar surface area (TPSA) is 37.3 Å². The van der Waals surface area contributed by atoms with Crippen LogP contribution >= 0.6 is 0 Å². The maximum atomic E-state index is 11.0. The quantitative estimate of drug-likeness (QED) is 0.700. The lowest BCUT2D eigenvalue weighted by Gasteiger charge is -2.22. The van der Waals surface area contributed by atoms with Gasteiger partial charge in [-0.1, -0.05) is 24.3 Å². The van der Waals surface area contributed by atoms with E-state index in [1.54, 1.807) is 0 Å². The predicted octanol–water partition coefficient (Wildman–Crippen LogP) is 2.29. The molecule has 1 N–H and O–H groups in total. The highest BCUT2D eigenvalue weighted by atomic mass is 32.2. The number of hydrogen-bond donors (Lipinski definition) is 1. The molecule has 0 saturated heterocycles. The maximum Gasteiger partial charge on any atom is 0.160 e. The molecule has 0 aliphatic heterocycles. The van der Waals surface area contributed by atoms with Crippen molar-refractivity contribution in [2.24, 2.45) is 0 Å². The number of benzene rings is 1. The summed E-state index contributed by atoms with van der Waals surface area (Å²) in [5.41, 5.74) is 2.30. The molecule has 0 saturated carbocycles. The molecule has 2 rings (SSSR count). The van der Waals surface area contributed by atoms with E-state index in [1.807, 2.05) is 24.3 Å². The van der Waals surface area contributed by atoms with Gasteiger partial charge >= 0.3 is 0 Å². The van der Waals surface area contributed by atoms with Gasteiger partial charge in [0.2, 0.25) is 0 Å². The van der Waals surface area contributed by atoms with Crippen LogP contribution in [0.15, 0.2) is 24.3 Å². The van der Waals surface area contributed by atoms with Crippen molar-refractivity contribution in [2.45, 2.75) is 24.5 Å². The van der Waals surface area contributed by atoms with Gasteiger partial charge in [0.15, 0.2) is 11.1 Å². The number of aryl methyl sites for hydroxylation is 1. The van der Waals surface area contributed by atoms with Crippen molar-refractivity contribution in [3.63, 3.8) is 0 Å². The van der Waals surface area contributed by atoms with E-state index >= 15 is 0 Å². The summed E-state index contributed by atoms with van der Waals surface area (Å²) in [6.07, 6.45) is 2.90. The summed E-state index contributed by atoms with van der Waals surface area (Å²) in [6, 6.07) is 7.94. The molecule has 0 aromatic heterocycles. The lowest BCUT2D eigenvalue weighted by atomic mass is 9.91. The molecule has 1 aliphatic carbocycles. The zero-order chi connectivity index (χ0) is 9.26. The van der Waals surface area contributed by atoms with Gasteiger partial charge < -0.3 is 4.55 Å². The molecule has 0 bridgehead atoms. The molecule has 1 aromatic rings. The molecule has 2 atom stereocenters. The molecular weight excluding hydrogens is 184 g/mol. The first kappa shape index (κ1) is 8.91. The van der Waals surface area contributed by atoms with Crippen molar-refractivity contribution in [3.8, 4) is 0 Å². The second kappa shape index (κ2) is 3.60. The molecule has 0 radical (unpaired) electrons. The molecule has 0 amide bonds. The normalized spacial score (nSPS) is 23.6. The number of hydrogen-bond acceptors (Lipinski definition) is 1. The molecule has 70 valence electrons. The van der Waals surface area contributed by atoms with Crippen LogP contribution in [0.1, 0.15) is 29.2 Å². The smallest absolute Gasteiger partial charge is 0.160 e. The summed E-state index contributed by atoms with van der Waals surface area (Å²) >= 11 is -1.71.